The highest BCUT2D eigenvalue weighted by Crippen LogP contribution is 2.00. The zero-order valence-corrected chi connectivity index (χ0v) is 9.55. The standard InChI is InChI=1S/C7H12O.C3H8.C2H2/c1-5-7(4)8-6(2)3;1-3-2;1-2/h5H,2H2,1,3-4H3;3H2,1-2H3;1-2H/b7-5-;;. The van der Waals surface area contributed by atoms with Gasteiger partial charge in [0, 0.05) is 0 Å². The molecule has 0 rings (SSSR count). The van der Waals surface area contributed by atoms with Gasteiger partial charge in [0.25, 0.3) is 0 Å². The summed E-state index contributed by atoms with van der Waals surface area (Å²) >= 11 is 0. The van der Waals surface area contributed by atoms with Gasteiger partial charge in [0.15, 0.2) is 0 Å². The van der Waals surface area contributed by atoms with E-state index in [1.165, 1.54) is 6.42 Å². The lowest BCUT2D eigenvalue weighted by atomic mass is 10.5. The van der Waals surface area contributed by atoms with Gasteiger partial charge in [-0.2, -0.15) is 0 Å². The van der Waals surface area contributed by atoms with E-state index in [0.717, 1.165) is 11.5 Å². The summed E-state index contributed by atoms with van der Waals surface area (Å²) in [5, 5.41) is 0. The minimum atomic E-state index is 0.737. The second kappa shape index (κ2) is 17.1. The van der Waals surface area contributed by atoms with Crippen molar-refractivity contribution in [2.75, 3.05) is 0 Å². The molecule has 0 heterocycles. The van der Waals surface area contributed by atoms with Crippen molar-refractivity contribution in [3.63, 3.8) is 0 Å². The molecule has 0 aliphatic carbocycles. The van der Waals surface area contributed by atoms with Gasteiger partial charge in [-0.3, -0.25) is 0 Å². The normalized spacial score (nSPS) is 8.38. The van der Waals surface area contributed by atoms with Crippen molar-refractivity contribution >= 4 is 0 Å². The molecule has 1 heteroatoms. The zero-order chi connectivity index (χ0) is 11.3. The first-order valence-electron chi connectivity index (χ1n) is 4.38. The molecule has 0 amide bonds. The third-order valence-corrected chi connectivity index (χ3v) is 0.742. The number of hydrogen-bond donors (Lipinski definition) is 0. The van der Waals surface area contributed by atoms with E-state index < -0.39 is 0 Å². The number of hydrogen-bond acceptors (Lipinski definition) is 1. The van der Waals surface area contributed by atoms with Gasteiger partial charge in [-0.15, -0.1) is 12.8 Å². The van der Waals surface area contributed by atoms with Crippen LogP contribution in [0.15, 0.2) is 24.2 Å². The summed E-state index contributed by atoms with van der Waals surface area (Å²) in [4.78, 5) is 0. The van der Waals surface area contributed by atoms with Crippen molar-refractivity contribution in [3.8, 4) is 12.8 Å². The minimum absolute atomic E-state index is 0.737. The summed E-state index contributed by atoms with van der Waals surface area (Å²) < 4.78 is 5.07. The molecular formula is C12H22O. The molecule has 0 aromatic carbocycles. The molecule has 0 saturated carbocycles. The Labute approximate surface area is 83.5 Å². The molecule has 0 saturated heterocycles. The van der Waals surface area contributed by atoms with Gasteiger partial charge in [0.2, 0.25) is 0 Å². The zero-order valence-electron chi connectivity index (χ0n) is 9.55. The van der Waals surface area contributed by atoms with E-state index in [9.17, 15) is 0 Å². The van der Waals surface area contributed by atoms with Crippen LogP contribution < -0.4 is 0 Å². The van der Waals surface area contributed by atoms with Crippen molar-refractivity contribution in [1.82, 2.24) is 0 Å². The maximum absolute atomic E-state index is 5.07. The second-order valence-electron chi connectivity index (χ2n) is 2.41. The van der Waals surface area contributed by atoms with Crippen molar-refractivity contribution in [2.45, 2.75) is 41.0 Å². The molecule has 0 bridgehead atoms. The largest absolute Gasteiger partial charge is 0.468 e. The summed E-state index contributed by atoms with van der Waals surface area (Å²) in [7, 11) is 0. The van der Waals surface area contributed by atoms with Gasteiger partial charge in [-0.25, -0.2) is 0 Å². The minimum Gasteiger partial charge on any atom is -0.468 e. The predicted molar refractivity (Wildman–Crippen MR) is 61.2 cm³/mol. The Morgan fingerprint density at radius 1 is 1.31 bits per heavy atom. The molecule has 0 aromatic heterocycles. The maximum Gasteiger partial charge on any atom is 0.0962 e. The van der Waals surface area contributed by atoms with Crippen LogP contribution in [0.2, 0.25) is 0 Å². The molecule has 0 N–H and O–H groups in total. The average molecular weight is 182 g/mol. The van der Waals surface area contributed by atoms with Crippen molar-refractivity contribution in [2.24, 2.45) is 0 Å². The fraction of sp³-hybridized carbons (Fsp3) is 0.500. The molecular weight excluding hydrogens is 160 g/mol. The van der Waals surface area contributed by atoms with Crippen molar-refractivity contribution in [1.29, 1.82) is 0 Å². The first-order chi connectivity index (χ1) is 6.08. The van der Waals surface area contributed by atoms with Crippen LogP contribution in [-0.2, 0) is 4.74 Å². The van der Waals surface area contributed by atoms with Crippen LogP contribution >= 0.6 is 0 Å². The van der Waals surface area contributed by atoms with E-state index in [4.69, 9.17) is 4.74 Å². The predicted octanol–water partition coefficient (Wildman–Crippen LogP) is 4.13. The Balaban J connectivity index is -0.000000169. The van der Waals surface area contributed by atoms with E-state index in [0.29, 0.717) is 0 Å². The highest BCUT2D eigenvalue weighted by atomic mass is 16.5. The number of rotatable bonds is 2. The van der Waals surface area contributed by atoms with Gasteiger partial charge in [0.1, 0.15) is 0 Å². The molecule has 0 atom stereocenters. The van der Waals surface area contributed by atoms with Crippen LogP contribution in [0.25, 0.3) is 0 Å². The molecule has 0 radical (unpaired) electrons. The van der Waals surface area contributed by atoms with Crippen LogP contribution in [0, 0.1) is 12.8 Å². The Morgan fingerprint density at radius 2 is 1.62 bits per heavy atom. The molecule has 0 spiro atoms. The second-order valence-corrected chi connectivity index (χ2v) is 2.41. The lowest BCUT2D eigenvalue weighted by Crippen LogP contribution is -1.81. The van der Waals surface area contributed by atoms with Gasteiger partial charge in [0.05, 0.1) is 11.5 Å². The van der Waals surface area contributed by atoms with Crippen LogP contribution in [0.3, 0.4) is 0 Å². The maximum atomic E-state index is 5.07. The first kappa shape index (κ1) is 17.8. The van der Waals surface area contributed by atoms with E-state index >= 15 is 0 Å². The van der Waals surface area contributed by atoms with Crippen LogP contribution in [0.4, 0.5) is 0 Å². The van der Waals surface area contributed by atoms with Crippen LogP contribution in [0.1, 0.15) is 41.0 Å². The summed E-state index contributed by atoms with van der Waals surface area (Å²) in [6.45, 7) is 13.5. The topological polar surface area (TPSA) is 9.23 Å². The number of terminal acetylenes is 1. The third-order valence-electron chi connectivity index (χ3n) is 0.742. The smallest absolute Gasteiger partial charge is 0.0962 e. The third kappa shape index (κ3) is 36.2. The number of ether oxygens (including phenoxy) is 1. The monoisotopic (exact) mass is 182 g/mol. The quantitative estimate of drug-likeness (QED) is 0.461. The number of allylic oxidation sites excluding steroid dienone is 3. The Morgan fingerprint density at radius 3 is 1.69 bits per heavy atom. The molecule has 13 heavy (non-hydrogen) atoms. The summed E-state index contributed by atoms with van der Waals surface area (Å²) in [5.74, 6) is 1.64. The summed E-state index contributed by atoms with van der Waals surface area (Å²) in [6.07, 6.45) is 11.1. The molecule has 0 aliphatic rings. The van der Waals surface area contributed by atoms with E-state index in [2.05, 4.69) is 33.3 Å². The highest BCUT2D eigenvalue weighted by Gasteiger charge is 1.83. The summed E-state index contributed by atoms with van der Waals surface area (Å²) in [5.41, 5.74) is 0. The lowest BCUT2D eigenvalue weighted by Gasteiger charge is -2.01. The summed E-state index contributed by atoms with van der Waals surface area (Å²) in [6, 6.07) is 0. The van der Waals surface area contributed by atoms with Crippen molar-refractivity contribution < 1.29 is 4.74 Å². The van der Waals surface area contributed by atoms with Gasteiger partial charge < -0.3 is 4.74 Å². The molecule has 1 nitrogen and oxygen atoms in total. The van der Waals surface area contributed by atoms with Crippen LogP contribution in [0.5, 0.6) is 0 Å². The van der Waals surface area contributed by atoms with Crippen LogP contribution in [-0.4, -0.2) is 0 Å². The first-order valence-corrected chi connectivity index (χ1v) is 4.38. The van der Waals surface area contributed by atoms with Gasteiger partial charge >= 0.3 is 0 Å². The molecule has 0 fully saturated rings. The van der Waals surface area contributed by atoms with Gasteiger partial charge in [-0.1, -0.05) is 26.8 Å². The molecule has 76 valence electrons. The molecule has 0 aliphatic heterocycles. The Hall–Kier alpha value is -1.16. The molecule has 0 aromatic rings. The van der Waals surface area contributed by atoms with E-state index in [1.54, 1.807) is 0 Å². The van der Waals surface area contributed by atoms with Gasteiger partial charge in [-0.05, 0) is 26.8 Å². The van der Waals surface area contributed by atoms with Crippen molar-refractivity contribution in [3.05, 3.63) is 24.2 Å². The van der Waals surface area contributed by atoms with E-state index in [-0.39, 0.29) is 0 Å². The highest BCUT2D eigenvalue weighted by molar-refractivity contribution is 4.91. The Bertz CT molecular complexity index is 152. The fourth-order valence-corrected chi connectivity index (χ4v) is 0.334. The fourth-order valence-electron chi connectivity index (χ4n) is 0.334. The average Bonchev–Trinajstić information content (AvgIpc) is 2.08. The van der Waals surface area contributed by atoms with E-state index in [1.807, 2.05) is 26.8 Å². The molecule has 0 unspecified atom stereocenters. The Kier molecular flexibility index (Phi) is 23.4. The SMILES string of the molecule is C#C.C=C(C)O/C(C)=C\C.CCC. The lowest BCUT2D eigenvalue weighted by molar-refractivity contribution is 0.310.